The molecular formula is C11H14N4S. The van der Waals surface area contributed by atoms with Gasteiger partial charge in [-0.15, -0.1) is 16.4 Å². The van der Waals surface area contributed by atoms with Crippen LogP contribution in [0.1, 0.15) is 12.6 Å². The van der Waals surface area contributed by atoms with Crippen LogP contribution in [0.25, 0.3) is 10.6 Å². The van der Waals surface area contributed by atoms with Crippen LogP contribution in [0.2, 0.25) is 0 Å². The van der Waals surface area contributed by atoms with Crippen molar-refractivity contribution in [2.45, 2.75) is 20.0 Å². The topological polar surface area (TPSA) is 56.7 Å². The molecule has 0 saturated carbocycles. The van der Waals surface area contributed by atoms with E-state index in [1.807, 2.05) is 23.1 Å². The molecule has 2 N–H and O–H groups in total. The molecule has 0 bridgehead atoms. The van der Waals surface area contributed by atoms with Crippen LogP contribution in [0, 0.1) is 0 Å². The molecule has 4 nitrogen and oxygen atoms in total. The van der Waals surface area contributed by atoms with E-state index in [1.165, 1.54) is 0 Å². The highest BCUT2D eigenvalue weighted by Crippen LogP contribution is 2.27. The Morgan fingerprint density at radius 3 is 3.00 bits per heavy atom. The molecule has 0 unspecified atom stereocenters. The number of rotatable bonds is 4. The zero-order valence-electron chi connectivity index (χ0n) is 9.18. The first-order valence-corrected chi connectivity index (χ1v) is 5.91. The molecule has 0 radical (unpaired) electrons. The number of nitrogens with two attached hydrogens (primary N) is 1. The predicted molar refractivity (Wildman–Crippen MR) is 66.0 cm³/mol. The van der Waals surface area contributed by atoms with Gasteiger partial charge in [-0.3, -0.25) is 0 Å². The summed E-state index contributed by atoms with van der Waals surface area (Å²) in [5.41, 5.74) is 8.57. The number of allylic oxidation sites excluding steroid dienone is 1. The molecule has 0 aromatic carbocycles. The first-order valence-electron chi connectivity index (χ1n) is 5.03. The number of nitrogens with zero attached hydrogens (tertiary/aromatic N) is 3. The molecule has 2 aromatic rings. The molecule has 5 heteroatoms. The van der Waals surface area contributed by atoms with Crippen LogP contribution in [0.4, 0.5) is 0 Å². The van der Waals surface area contributed by atoms with Crippen LogP contribution in [-0.2, 0) is 13.1 Å². The minimum absolute atomic E-state index is 0.406. The highest BCUT2D eigenvalue weighted by Gasteiger charge is 2.14. The van der Waals surface area contributed by atoms with Crippen LogP contribution < -0.4 is 5.73 Å². The van der Waals surface area contributed by atoms with E-state index in [0.29, 0.717) is 13.1 Å². The van der Waals surface area contributed by atoms with Crippen molar-refractivity contribution >= 4 is 11.3 Å². The molecule has 84 valence electrons. The van der Waals surface area contributed by atoms with Crippen LogP contribution in [0.15, 0.2) is 29.7 Å². The molecule has 0 amide bonds. The van der Waals surface area contributed by atoms with E-state index in [2.05, 4.69) is 23.0 Å². The van der Waals surface area contributed by atoms with Crippen molar-refractivity contribution in [2.24, 2.45) is 5.73 Å². The molecule has 16 heavy (non-hydrogen) atoms. The van der Waals surface area contributed by atoms with Crippen molar-refractivity contribution in [2.75, 3.05) is 0 Å². The van der Waals surface area contributed by atoms with E-state index in [4.69, 9.17) is 5.73 Å². The lowest BCUT2D eigenvalue weighted by molar-refractivity contribution is 0.649. The standard InChI is InChI=1S/C11H14N4S/c1-8(2)7-15-11(9(6-12)13-14-15)10-4-3-5-16-10/h3-5H,1,6-7,12H2,2H3. The Morgan fingerprint density at radius 2 is 2.44 bits per heavy atom. The fourth-order valence-corrected chi connectivity index (χ4v) is 2.33. The Bertz CT molecular complexity index is 484. The first kappa shape index (κ1) is 11.0. The molecule has 0 aliphatic heterocycles. The number of hydrogen-bond donors (Lipinski definition) is 1. The van der Waals surface area contributed by atoms with Crippen molar-refractivity contribution in [1.82, 2.24) is 15.0 Å². The number of aromatic nitrogens is 3. The predicted octanol–water partition coefficient (Wildman–Crippen LogP) is 2.04. The maximum absolute atomic E-state index is 5.67. The zero-order valence-corrected chi connectivity index (χ0v) is 10.00. The van der Waals surface area contributed by atoms with Gasteiger partial charge in [-0.25, -0.2) is 4.68 Å². The molecule has 2 rings (SSSR count). The smallest absolute Gasteiger partial charge is 0.105 e. The third-order valence-corrected chi connectivity index (χ3v) is 3.05. The summed E-state index contributed by atoms with van der Waals surface area (Å²) in [6, 6.07) is 4.07. The Balaban J connectivity index is 2.47. The van der Waals surface area contributed by atoms with Gasteiger partial charge < -0.3 is 5.73 Å². The molecule has 0 aliphatic carbocycles. The van der Waals surface area contributed by atoms with Gasteiger partial charge in [-0.2, -0.15) is 0 Å². The number of thiophene rings is 1. The highest BCUT2D eigenvalue weighted by atomic mass is 32.1. The second-order valence-electron chi connectivity index (χ2n) is 3.68. The van der Waals surface area contributed by atoms with Crippen LogP contribution in [-0.4, -0.2) is 15.0 Å². The monoisotopic (exact) mass is 234 g/mol. The fourth-order valence-electron chi connectivity index (χ4n) is 1.54. The van der Waals surface area contributed by atoms with Crippen molar-refractivity contribution < 1.29 is 0 Å². The number of hydrogen-bond acceptors (Lipinski definition) is 4. The Labute approximate surface area is 98.4 Å². The van der Waals surface area contributed by atoms with Gasteiger partial charge in [0.1, 0.15) is 11.4 Å². The maximum Gasteiger partial charge on any atom is 0.105 e. The van der Waals surface area contributed by atoms with E-state index in [0.717, 1.165) is 21.8 Å². The quantitative estimate of drug-likeness (QED) is 0.824. The van der Waals surface area contributed by atoms with E-state index in [1.54, 1.807) is 11.3 Å². The van der Waals surface area contributed by atoms with Crippen LogP contribution in [0.3, 0.4) is 0 Å². The summed E-state index contributed by atoms with van der Waals surface area (Å²) >= 11 is 1.67. The lowest BCUT2D eigenvalue weighted by Gasteiger charge is -2.05. The lowest BCUT2D eigenvalue weighted by Crippen LogP contribution is -2.04. The van der Waals surface area contributed by atoms with Gasteiger partial charge in [0.15, 0.2) is 0 Å². The van der Waals surface area contributed by atoms with Crippen molar-refractivity contribution in [1.29, 1.82) is 0 Å². The molecular weight excluding hydrogens is 220 g/mol. The van der Waals surface area contributed by atoms with E-state index in [-0.39, 0.29) is 0 Å². The summed E-state index contributed by atoms with van der Waals surface area (Å²) in [7, 11) is 0. The molecule has 0 atom stereocenters. The molecule has 0 fully saturated rings. The average molecular weight is 234 g/mol. The van der Waals surface area contributed by atoms with Gasteiger partial charge in [0.2, 0.25) is 0 Å². The summed E-state index contributed by atoms with van der Waals surface area (Å²) in [4.78, 5) is 1.15. The van der Waals surface area contributed by atoms with Gasteiger partial charge in [0.25, 0.3) is 0 Å². The Hall–Kier alpha value is -1.46. The highest BCUT2D eigenvalue weighted by molar-refractivity contribution is 7.13. The van der Waals surface area contributed by atoms with Gasteiger partial charge in [-0.1, -0.05) is 23.4 Å². The average Bonchev–Trinajstić information content (AvgIpc) is 2.84. The van der Waals surface area contributed by atoms with Crippen molar-refractivity contribution in [3.05, 3.63) is 35.4 Å². The zero-order chi connectivity index (χ0) is 11.5. The summed E-state index contributed by atoms with van der Waals surface area (Å²) < 4.78 is 1.86. The van der Waals surface area contributed by atoms with E-state index < -0.39 is 0 Å². The minimum Gasteiger partial charge on any atom is -0.325 e. The Morgan fingerprint density at radius 1 is 1.62 bits per heavy atom. The van der Waals surface area contributed by atoms with Gasteiger partial charge >= 0.3 is 0 Å². The molecule has 2 aromatic heterocycles. The summed E-state index contributed by atoms with van der Waals surface area (Å²) in [6.07, 6.45) is 0. The summed E-state index contributed by atoms with van der Waals surface area (Å²) in [5.74, 6) is 0. The maximum atomic E-state index is 5.67. The fraction of sp³-hybridized carbons (Fsp3) is 0.273. The van der Waals surface area contributed by atoms with Gasteiger partial charge in [0, 0.05) is 6.54 Å². The summed E-state index contributed by atoms with van der Waals surface area (Å²) in [6.45, 7) is 6.95. The molecule has 0 spiro atoms. The Kier molecular flexibility index (Phi) is 3.17. The van der Waals surface area contributed by atoms with Gasteiger partial charge in [-0.05, 0) is 18.4 Å². The van der Waals surface area contributed by atoms with E-state index >= 15 is 0 Å². The summed E-state index contributed by atoms with van der Waals surface area (Å²) in [5, 5.41) is 10.2. The normalized spacial score (nSPS) is 10.6. The van der Waals surface area contributed by atoms with Crippen molar-refractivity contribution in [3.63, 3.8) is 0 Å². The SMILES string of the molecule is C=C(C)Cn1nnc(CN)c1-c1cccs1. The second kappa shape index (κ2) is 4.59. The molecule has 0 saturated heterocycles. The van der Waals surface area contributed by atoms with Gasteiger partial charge in [0.05, 0.1) is 11.4 Å². The molecule has 2 heterocycles. The largest absolute Gasteiger partial charge is 0.325 e. The first-order chi connectivity index (χ1) is 7.72. The van der Waals surface area contributed by atoms with Crippen LogP contribution >= 0.6 is 11.3 Å². The lowest BCUT2D eigenvalue weighted by atomic mass is 10.2. The van der Waals surface area contributed by atoms with Crippen LogP contribution in [0.5, 0.6) is 0 Å². The molecule has 0 aliphatic rings. The second-order valence-corrected chi connectivity index (χ2v) is 4.63. The van der Waals surface area contributed by atoms with E-state index in [9.17, 15) is 0 Å². The third-order valence-electron chi connectivity index (χ3n) is 2.17. The van der Waals surface area contributed by atoms with Crippen molar-refractivity contribution in [3.8, 4) is 10.6 Å². The third kappa shape index (κ3) is 2.05. The minimum atomic E-state index is 0.406.